The van der Waals surface area contributed by atoms with E-state index in [2.05, 4.69) is 9.98 Å². The number of aromatic nitrogens is 1. The van der Waals surface area contributed by atoms with Gasteiger partial charge in [0.1, 0.15) is 11.9 Å². The first-order valence-electron chi connectivity index (χ1n) is 12.9. The number of carbonyl (C=O) groups excluding carboxylic acids is 1. The summed E-state index contributed by atoms with van der Waals surface area (Å²) in [5, 5.41) is 9.31. The number of benzene rings is 2. The molecule has 228 valence electrons. The molecule has 0 fully saturated rings. The first kappa shape index (κ1) is 31.6. The molecule has 0 radical (unpaired) electrons. The molecule has 4 rings (SSSR count). The van der Waals surface area contributed by atoms with E-state index in [0.717, 1.165) is 4.90 Å². The van der Waals surface area contributed by atoms with Gasteiger partial charge in [0, 0.05) is 12.6 Å². The lowest BCUT2D eigenvalue weighted by Gasteiger charge is -2.32. The molecule has 0 unspecified atom stereocenters. The van der Waals surface area contributed by atoms with Crippen LogP contribution >= 0.6 is 0 Å². The fourth-order valence-corrected chi connectivity index (χ4v) is 4.95. The van der Waals surface area contributed by atoms with E-state index in [1.54, 1.807) is 13.0 Å². The minimum Gasteiger partial charge on any atom is -0.480 e. The van der Waals surface area contributed by atoms with Crippen molar-refractivity contribution in [2.75, 3.05) is 11.9 Å². The maximum absolute atomic E-state index is 14.0. The minimum atomic E-state index is -5.10. The molecule has 3 aromatic rings. The van der Waals surface area contributed by atoms with Crippen molar-refractivity contribution in [1.29, 1.82) is 0 Å². The Kier molecular flexibility index (Phi) is 8.16. The zero-order valence-corrected chi connectivity index (χ0v) is 23.4. The molecule has 1 aliphatic rings. The number of aryl methyl sites for hydroxylation is 1. The molecular weight excluding hydrogens is 583 g/mol. The summed E-state index contributed by atoms with van der Waals surface area (Å²) < 4.78 is 95.3. The molecule has 0 aliphatic carbocycles. The zero-order valence-electron chi connectivity index (χ0n) is 23.4. The Hall–Kier alpha value is -4.29. The van der Waals surface area contributed by atoms with Crippen LogP contribution in [-0.2, 0) is 27.4 Å². The van der Waals surface area contributed by atoms with E-state index in [9.17, 15) is 45.4 Å². The third-order valence-electron chi connectivity index (χ3n) is 7.42. The van der Waals surface area contributed by atoms with Gasteiger partial charge in [0.05, 0.1) is 39.8 Å². The highest BCUT2D eigenvalue weighted by Crippen LogP contribution is 2.41. The first-order valence-corrected chi connectivity index (χ1v) is 12.9. The highest BCUT2D eigenvalue weighted by Gasteiger charge is 2.41. The van der Waals surface area contributed by atoms with E-state index >= 15 is 0 Å². The number of nitrogens with zero attached hydrogens (tertiary/aromatic N) is 3. The highest BCUT2D eigenvalue weighted by atomic mass is 19.4. The van der Waals surface area contributed by atoms with Crippen LogP contribution in [0.3, 0.4) is 0 Å². The molecule has 1 amide bonds. The van der Waals surface area contributed by atoms with Crippen molar-refractivity contribution in [3.63, 3.8) is 0 Å². The summed E-state index contributed by atoms with van der Waals surface area (Å²) >= 11 is 0. The number of halogens is 7. The summed E-state index contributed by atoms with van der Waals surface area (Å²) in [6.45, 7) is 4.04. The second-order valence-corrected chi connectivity index (χ2v) is 10.8. The smallest absolute Gasteiger partial charge is 0.416 e. The van der Waals surface area contributed by atoms with E-state index in [1.807, 2.05) is 0 Å². The van der Waals surface area contributed by atoms with Crippen LogP contribution < -0.4 is 4.90 Å². The molecule has 1 aliphatic heterocycles. The topological polar surface area (TPSA) is 82.9 Å². The average Bonchev–Trinajstić information content (AvgIpc) is 3.42. The molecule has 0 bridgehead atoms. The summed E-state index contributed by atoms with van der Waals surface area (Å²) in [5.41, 5.74) is -3.38. The monoisotopic (exact) mass is 609 g/mol. The van der Waals surface area contributed by atoms with Gasteiger partial charge in [-0.15, -0.1) is 0 Å². The Balaban J connectivity index is 1.84. The van der Waals surface area contributed by atoms with Gasteiger partial charge in [0.2, 0.25) is 5.91 Å². The third-order valence-corrected chi connectivity index (χ3v) is 7.42. The van der Waals surface area contributed by atoms with Crippen molar-refractivity contribution in [2.24, 2.45) is 4.99 Å². The number of carboxylic acid groups (broad SMARTS) is 1. The molecule has 13 heteroatoms. The predicted molar refractivity (Wildman–Crippen MR) is 144 cm³/mol. The number of carboxylic acids is 1. The number of likely N-dealkylation sites (N-methyl/N-ethyl adjacent to an activating group) is 1. The fourth-order valence-electron chi connectivity index (χ4n) is 4.95. The van der Waals surface area contributed by atoms with Gasteiger partial charge in [-0.05, 0) is 86.7 Å². The molecule has 2 heterocycles. The predicted octanol–water partition coefficient (Wildman–Crippen LogP) is 7.21. The average molecular weight is 610 g/mol. The molecule has 6 nitrogen and oxygen atoms in total. The molecule has 0 spiro atoms. The number of amides is 1. The molecule has 2 aromatic carbocycles. The van der Waals surface area contributed by atoms with Crippen LogP contribution in [-0.4, -0.2) is 40.8 Å². The van der Waals surface area contributed by atoms with Crippen molar-refractivity contribution in [2.45, 2.75) is 57.4 Å². The Morgan fingerprint density at radius 1 is 0.907 bits per heavy atom. The van der Waals surface area contributed by atoms with Crippen LogP contribution in [0.5, 0.6) is 0 Å². The number of hydrogen-bond donors (Lipinski definition) is 1. The number of carbonyl (C=O) groups is 2. The Morgan fingerprint density at radius 3 is 2.00 bits per heavy atom. The van der Waals surface area contributed by atoms with Crippen LogP contribution in [0, 0.1) is 12.7 Å². The van der Waals surface area contributed by atoms with E-state index < -0.39 is 58.2 Å². The number of aliphatic carboxylic acids is 1. The van der Waals surface area contributed by atoms with Gasteiger partial charge in [-0.1, -0.05) is 6.07 Å². The Labute approximate surface area is 241 Å². The van der Waals surface area contributed by atoms with Gasteiger partial charge in [-0.2, -0.15) is 26.3 Å². The van der Waals surface area contributed by atoms with Gasteiger partial charge in [-0.25, -0.2) is 9.18 Å². The van der Waals surface area contributed by atoms with Crippen molar-refractivity contribution < 1.29 is 45.4 Å². The molecular formula is C30H26F7N3O3. The van der Waals surface area contributed by atoms with E-state index in [4.69, 9.17) is 0 Å². The standard InChI is InChI=1S/C30H26F7N3O3/c1-15-9-19(31)5-6-20(15)21-13-24(22-7-8-23(39-22)26(41)42)38-14-25(21)40(4)27(43)28(2,3)16-10-17(29(32,33)34)12-18(11-16)30(35,36)37/h5-6,9-14,23H,7-8H2,1-4H3,(H,41,42)/t23-/m0/s1. The van der Waals surface area contributed by atoms with Crippen molar-refractivity contribution in [3.8, 4) is 11.1 Å². The van der Waals surface area contributed by atoms with Gasteiger partial charge in [0.25, 0.3) is 0 Å². The lowest BCUT2D eigenvalue weighted by molar-refractivity contribution is -0.143. The number of anilines is 1. The molecule has 0 saturated carbocycles. The quantitative estimate of drug-likeness (QED) is 0.300. The van der Waals surface area contributed by atoms with E-state index in [-0.39, 0.29) is 18.2 Å². The number of pyridine rings is 1. The van der Waals surface area contributed by atoms with Crippen molar-refractivity contribution >= 4 is 23.3 Å². The summed E-state index contributed by atoms with van der Waals surface area (Å²) in [7, 11) is 1.30. The zero-order chi connectivity index (χ0) is 32.1. The maximum Gasteiger partial charge on any atom is 0.416 e. The molecule has 0 saturated heterocycles. The Morgan fingerprint density at radius 2 is 1.49 bits per heavy atom. The molecule has 1 atom stereocenters. The second kappa shape index (κ2) is 11.1. The van der Waals surface area contributed by atoms with Gasteiger partial charge in [0.15, 0.2) is 0 Å². The highest BCUT2D eigenvalue weighted by molar-refractivity contribution is 6.06. The maximum atomic E-state index is 14.0. The van der Waals surface area contributed by atoms with Gasteiger partial charge < -0.3 is 10.0 Å². The third kappa shape index (κ3) is 6.40. The number of aliphatic imine (C=N–C) groups is 1. The number of alkyl halides is 6. The molecule has 43 heavy (non-hydrogen) atoms. The molecule has 1 aromatic heterocycles. The number of hydrogen-bond acceptors (Lipinski definition) is 4. The van der Waals surface area contributed by atoms with Crippen LogP contribution in [0.15, 0.2) is 53.7 Å². The molecule has 1 N–H and O–H groups in total. The normalized spacial score (nSPS) is 15.8. The summed E-state index contributed by atoms with van der Waals surface area (Å²) in [4.78, 5) is 34.9. The van der Waals surface area contributed by atoms with Crippen molar-refractivity contribution in [3.05, 3.63) is 82.4 Å². The first-order chi connectivity index (χ1) is 19.8. The number of rotatable bonds is 6. The van der Waals surface area contributed by atoms with Crippen molar-refractivity contribution in [1.82, 2.24) is 4.98 Å². The lowest BCUT2D eigenvalue weighted by Crippen LogP contribution is -2.42. The second-order valence-electron chi connectivity index (χ2n) is 10.8. The fraction of sp³-hybridized carbons (Fsp3) is 0.333. The van der Waals surface area contributed by atoms with Gasteiger partial charge >= 0.3 is 18.3 Å². The SMILES string of the molecule is Cc1cc(F)ccc1-c1cc(C2=N[C@H](C(=O)O)CC2)ncc1N(C)C(=O)C(C)(C)c1cc(C(F)(F)F)cc(C(F)(F)F)c1. The largest absolute Gasteiger partial charge is 0.480 e. The summed E-state index contributed by atoms with van der Waals surface area (Å²) in [6, 6.07) is 5.51. The Bertz CT molecular complexity index is 1600. The van der Waals surface area contributed by atoms with Crippen LogP contribution in [0.1, 0.15) is 54.6 Å². The van der Waals surface area contributed by atoms with Gasteiger partial charge in [-0.3, -0.25) is 14.8 Å². The lowest BCUT2D eigenvalue weighted by atomic mass is 9.81. The summed E-state index contributed by atoms with van der Waals surface area (Å²) in [6.07, 6.45) is -8.36. The van der Waals surface area contributed by atoms with Crippen LogP contribution in [0.4, 0.5) is 36.4 Å². The van der Waals surface area contributed by atoms with Crippen LogP contribution in [0.25, 0.3) is 11.1 Å². The van der Waals surface area contributed by atoms with E-state index in [0.29, 0.717) is 46.6 Å². The minimum absolute atomic E-state index is 0.00745. The summed E-state index contributed by atoms with van der Waals surface area (Å²) in [5.74, 6) is -2.48. The van der Waals surface area contributed by atoms with Crippen LogP contribution in [0.2, 0.25) is 0 Å². The van der Waals surface area contributed by atoms with E-state index in [1.165, 1.54) is 45.3 Å².